The van der Waals surface area contributed by atoms with Gasteiger partial charge in [0, 0.05) is 13.3 Å². The molecule has 0 saturated carbocycles. The topological polar surface area (TPSA) is 20.3 Å². The zero-order valence-electron chi connectivity index (χ0n) is 8.51. The fourth-order valence-corrected chi connectivity index (χ4v) is 1.91. The fraction of sp³-hybridized carbons (Fsp3) is 0.900. The standard InChI is InChI=1S/C10H17F2NO/c1-10(11,12)8-13-5-2-9(3-6-13)4-7-14/h7,9H,2-6,8H2,1H3. The first-order valence-electron chi connectivity index (χ1n) is 5.05. The average Bonchev–Trinajstić information content (AvgIpc) is 2.06. The highest BCUT2D eigenvalue weighted by Gasteiger charge is 2.27. The van der Waals surface area contributed by atoms with Gasteiger partial charge in [-0.3, -0.25) is 4.90 Å². The highest BCUT2D eigenvalue weighted by atomic mass is 19.3. The predicted octanol–water partition coefficient (Wildman–Crippen LogP) is 1.94. The molecule has 1 saturated heterocycles. The summed E-state index contributed by atoms with van der Waals surface area (Å²) in [6.07, 6.45) is 3.24. The van der Waals surface area contributed by atoms with Crippen molar-refractivity contribution in [2.24, 2.45) is 5.92 Å². The van der Waals surface area contributed by atoms with Gasteiger partial charge in [0.25, 0.3) is 5.92 Å². The number of hydrogen-bond donors (Lipinski definition) is 0. The number of alkyl halides is 2. The molecule has 1 fully saturated rings. The van der Waals surface area contributed by atoms with Crippen LogP contribution in [0, 0.1) is 5.92 Å². The molecule has 82 valence electrons. The summed E-state index contributed by atoms with van der Waals surface area (Å²) in [5.74, 6) is -2.19. The molecule has 0 aliphatic carbocycles. The summed E-state index contributed by atoms with van der Waals surface area (Å²) < 4.78 is 25.3. The van der Waals surface area contributed by atoms with E-state index in [9.17, 15) is 13.6 Å². The lowest BCUT2D eigenvalue weighted by Crippen LogP contribution is -2.40. The molecule has 0 unspecified atom stereocenters. The summed E-state index contributed by atoms with van der Waals surface area (Å²) >= 11 is 0. The van der Waals surface area contributed by atoms with Crippen LogP contribution >= 0.6 is 0 Å². The zero-order chi connectivity index (χ0) is 10.6. The van der Waals surface area contributed by atoms with E-state index in [1.54, 1.807) is 4.90 Å². The van der Waals surface area contributed by atoms with E-state index in [0.717, 1.165) is 26.1 Å². The highest BCUT2D eigenvalue weighted by molar-refractivity contribution is 5.49. The fourth-order valence-electron chi connectivity index (χ4n) is 1.91. The lowest BCUT2D eigenvalue weighted by Gasteiger charge is -2.32. The van der Waals surface area contributed by atoms with Crippen LogP contribution in [0.25, 0.3) is 0 Å². The van der Waals surface area contributed by atoms with Gasteiger partial charge in [0.15, 0.2) is 0 Å². The number of hydrogen-bond acceptors (Lipinski definition) is 2. The second-order valence-corrected chi connectivity index (χ2v) is 4.19. The highest BCUT2D eigenvalue weighted by Crippen LogP contribution is 2.22. The summed E-state index contributed by atoms with van der Waals surface area (Å²) in [7, 11) is 0. The van der Waals surface area contributed by atoms with E-state index in [4.69, 9.17) is 0 Å². The first-order chi connectivity index (χ1) is 6.51. The Kier molecular flexibility index (Phi) is 3.98. The Hall–Kier alpha value is -0.510. The minimum absolute atomic E-state index is 0.152. The van der Waals surface area contributed by atoms with Gasteiger partial charge in [-0.05, 0) is 31.8 Å². The van der Waals surface area contributed by atoms with Crippen molar-refractivity contribution in [3.05, 3.63) is 0 Å². The van der Waals surface area contributed by atoms with Crippen molar-refractivity contribution in [3.63, 3.8) is 0 Å². The van der Waals surface area contributed by atoms with E-state index in [2.05, 4.69) is 0 Å². The Bertz CT molecular complexity index is 183. The summed E-state index contributed by atoms with van der Waals surface area (Å²) in [5, 5.41) is 0. The van der Waals surface area contributed by atoms with Gasteiger partial charge in [0.1, 0.15) is 6.29 Å². The molecule has 0 aromatic rings. The molecule has 4 heteroatoms. The van der Waals surface area contributed by atoms with Gasteiger partial charge in [-0.1, -0.05) is 0 Å². The normalized spacial score (nSPS) is 21.1. The van der Waals surface area contributed by atoms with E-state index >= 15 is 0 Å². The van der Waals surface area contributed by atoms with Gasteiger partial charge in [-0.25, -0.2) is 8.78 Å². The molecule has 0 atom stereocenters. The maximum Gasteiger partial charge on any atom is 0.257 e. The molecular weight excluding hydrogens is 188 g/mol. The molecule has 0 radical (unpaired) electrons. The molecule has 2 nitrogen and oxygen atoms in total. The summed E-state index contributed by atoms with van der Waals surface area (Å²) in [6, 6.07) is 0. The maximum atomic E-state index is 12.7. The number of nitrogens with zero attached hydrogens (tertiary/aromatic N) is 1. The number of likely N-dealkylation sites (tertiary alicyclic amines) is 1. The number of piperidine rings is 1. The lowest BCUT2D eigenvalue weighted by molar-refractivity contribution is -0.109. The zero-order valence-corrected chi connectivity index (χ0v) is 8.51. The SMILES string of the molecule is CC(F)(F)CN1CCC(CC=O)CC1. The molecule has 1 aliphatic rings. The third kappa shape index (κ3) is 4.13. The largest absolute Gasteiger partial charge is 0.303 e. The first kappa shape index (κ1) is 11.6. The molecule has 14 heavy (non-hydrogen) atoms. The number of carbonyl (C=O) groups is 1. The summed E-state index contributed by atoms with van der Waals surface area (Å²) in [6.45, 7) is 2.19. The van der Waals surface area contributed by atoms with Gasteiger partial charge < -0.3 is 4.79 Å². The minimum Gasteiger partial charge on any atom is -0.303 e. The Morgan fingerprint density at radius 1 is 1.43 bits per heavy atom. The number of carbonyl (C=O) groups excluding carboxylic acids is 1. The Balaban J connectivity index is 2.25. The molecule has 1 heterocycles. The first-order valence-corrected chi connectivity index (χ1v) is 5.05. The molecule has 0 amide bonds. The monoisotopic (exact) mass is 205 g/mol. The molecule has 0 N–H and O–H groups in total. The lowest BCUT2D eigenvalue weighted by atomic mass is 9.94. The van der Waals surface area contributed by atoms with Crippen LogP contribution < -0.4 is 0 Å². The van der Waals surface area contributed by atoms with Crippen LogP contribution in [-0.4, -0.2) is 36.7 Å². The van der Waals surface area contributed by atoms with Crippen LogP contribution in [0.15, 0.2) is 0 Å². The molecule has 1 aliphatic heterocycles. The van der Waals surface area contributed by atoms with Crippen LogP contribution in [0.4, 0.5) is 8.78 Å². The summed E-state index contributed by atoms with van der Waals surface area (Å²) in [4.78, 5) is 12.0. The average molecular weight is 205 g/mol. The van der Waals surface area contributed by atoms with E-state index in [1.165, 1.54) is 0 Å². The Labute approximate surface area is 83.3 Å². The van der Waals surface area contributed by atoms with Crippen molar-refractivity contribution in [2.45, 2.75) is 32.1 Å². The van der Waals surface area contributed by atoms with Gasteiger partial charge in [0.05, 0.1) is 6.54 Å². The summed E-state index contributed by atoms with van der Waals surface area (Å²) in [5.41, 5.74) is 0. The van der Waals surface area contributed by atoms with Crippen LogP contribution in [-0.2, 0) is 4.79 Å². The Morgan fingerprint density at radius 2 is 2.00 bits per heavy atom. The van der Waals surface area contributed by atoms with Gasteiger partial charge in [-0.15, -0.1) is 0 Å². The van der Waals surface area contributed by atoms with Crippen molar-refractivity contribution in [1.29, 1.82) is 0 Å². The molecule has 0 spiro atoms. The van der Waals surface area contributed by atoms with Crippen molar-refractivity contribution in [3.8, 4) is 0 Å². The molecule has 0 aromatic heterocycles. The van der Waals surface area contributed by atoms with E-state index < -0.39 is 5.92 Å². The van der Waals surface area contributed by atoms with Crippen LogP contribution in [0.2, 0.25) is 0 Å². The molecule has 1 rings (SSSR count). The smallest absolute Gasteiger partial charge is 0.257 e. The Morgan fingerprint density at radius 3 is 2.43 bits per heavy atom. The second kappa shape index (κ2) is 4.82. The van der Waals surface area contributed by atoms with E-state index in [1.807, 2.05) is 0 Å². The minimum atomic E-state index is -2.60. The maximum absolute atomic E-state index is 12.7. The molecule has 0 aromatic carbocycles. The van der Waals surface area contributed by atoms with Crippen molar-refractivity contribution in [1.82, 2.24) is 4.90 Å². The number of rotatable bonds is 4. The quantitative estimate of drug-likeness (QED) is 0.654. The van der Waals surface area contributed by atoms with E-state index in [0.29, 0.717) is 25.4 Å². The van der Waals surface area contributed by atoms with E-state index in [-0.39, 0.29) is 6.54 Å². The third-order valence-electron chi connectivity index (χ3n) is 2.64. The third-order valence-corrected chi connectivity index (χ3v) is 2.64. The van der Waals surface area contributed by atoms with Gasteiger partial charge >= 0.3 is 0 Å². The van der Waals surface area contributed by atoms with Crippen LogP contribution in [0.1, 0.15) is 26.2 Å². The molecular formula is C10H17F2NO. The van der Waals surface area contributed by atoms with Gasteiger partial charge in [-0.2, -0.15) is 0 Å². The van der Waals surface area contributed by atoms with Crippen LogP contribution in [0.3, 0.4) is 0 Å². The van der Waals surface area contributed by atoms with Crippen molar-refractivity contribution in [2.75, 3.05) is 19.6 Å². The van der Waals surface area contributed by atoms with Gasteiger partial charge in [0.2, 0.25) is 0 Å². The second-order valence-electron chi connectivity index (χ2n) is 4.19. The number of aldehydes is 1. The number of halogens is 2. The van der Waals surface area contributed by atoms with Crippen molar-refractivity contribution < 1.29 is 13.6 Å². The molecule has 0 bridgehead atoms. The van der Waals surface area contributed by atoms with Crippen LogP contribution in [0.5, 0.6) is 0 Å². The predicted molar refractivity (Wildman–Crippen MR) is 50.5 cm³/mol. The van der Waals surface area contributed by atoms with Crippen molar-refractivity contribution >= 4 is 6.29 Å².